The number of amides is 1. The Morgan fingerprint density at radius 3 is 2.80 bits per heavy atom. The topological polar surface area (TPSA) is 42.0 Å². The largest absolute Gasteiger partial charge is 0.352 e. The molecule has 2 aromatic heterocycles. The molecular weight excluding hydrogens is 328 g/mol. The van der Waals surface area contributed by atoms with E-state index in [4.69, 9.17) is 0 Å². The van der Waals surface area contributed by atoms with Crippen molar-refractivity contribution in [2.24, 2.45) is 0 Å². The minimum Gasteiger partial charge on any atom is -0.352 e. The summed E-state index contributed by atoms with van der Waals surface area (Å²) >= 11 is 1.65. The predicted molar refractivity (Wildman–Crippen MR) is 104 cm³/mol. The first-order valence-corrected chi connectivity index (χ1v) is 9.37. The third-order valence-corrected chi connectivity index (χ3v) is 5.06. The molecule has 0 spiro atoms. The van der Waals surface area contributed by atoms with Crippen molar-refractivity contribution in [2.45, 2.75) is 33.2 Å². The molecule has 0 atom stereocenters. The number of aromatic nitrogens is 1. The Balaban J connectivity index is 1.57. The molecule has 3 aromatic rings. The van der Waals surface area contributed by atoms with Gasteiger partial charge in [-0.2, -0.15) is 11.3 Å². The lowest BCUT2D eigenvalue weighted by molar-refractivity contribution is -0.121. The molecule has 0 fully saturated rings. The Morgan fingerprint density at radius 1 is 1.16 bits per heavy atom. The minimum atomic E-state index is 0.0679. The van der Waals surface area contributed by atoms with Crippen LogP contribution in [0.3, 0.4) is 0 Å². The number of thiophene rings is 1. The molecule has 0 saturated carbocycles. The molecule has 0 aliphatic carbocycles. The van der Waals surface area contributed by atoms with Crippen LogP contribution in [0.4, 0.5) is 0 Å². The average Bonchev–Trinajstić information content (AvgIpc) is 3.15. The van der Waals surface area contributed by atoms with Gasteiger partial charge in [0.1, 0.15) is 0 Å². The highest BCUT2D eigenvalue weighted by Gasteiger charge is 2.09. The van der Waals surface area contributed by atoms with Crippen LogP contribution in [0.5, 0.6) is 0 Å². The van der Waals surface area contributed by atoms with Gasteiger partial charge in [0.15, 0.2) is 0 Å². The van der Waals surface area contributed by atoms with E-state index in [-0.39, 0.29) is 5.91 Å². The van der Waals surface area contributed by atoms with E-state index in [1.54, 1.807) is 17.5 Å². The Labute approximate surface area is 152 Å². The fraction of sp³-hybridized carbons (Fsp3) is 0.238. The molecule has 0 aliphatic heterocycles. The average molecular weight is 350 g/mol. The smallest absolute Gasteiger partial charge is 0.220 e. The van der Waals surface area contributed by atoms with E-state index in [2.05, 4.69) is 53.8 Å². The van der Waals surface area contributed by atoms with Gasteiger partial charge < -0.3 is 5.32 Å². The van der Waals surface area contributed by atoms with Gasteiger partial charge in [-0.25, -0.2) is 0 Å². The van der Waals surface area contributed by atoms with Crippen molar-refractivity contribution in [1.82, 2.24) is 10.3 Å². The van der Waals surface area contributed by atoms with Crippen LogP contribution in [0, 0.1) is 13.8 Å². The van der Waals surface area contributed by atoms with E-state index >= 15 is 0 Å². The molecule has 0 unspecified atom stereocenters. The van der Waals surface area contributed by atoms with Crippen LogP contribution in [-0.2, 0) is 17.8 Å². The van der Waals surface area contributed by atoms with E-state index < -0.39 is 0 Å². The third-order valence-electron chi connectivity index (χ3n) is 4.37. The van der Waals surface area contributed by atoms with Crippen molar-refractivity contribution in [3.63, 3.8) is 0 Å². The summed E-state index contributed by atoms with van der Waals surface area (Å²) < 4.78 is 0. The molecule has 0 bridgehead atoms. The fourth-order valence-corrected chi connectivity index (χ4v) is 3.38. The van der Waals surface area contributed by atoms with Crippen LogP contribution in [0.2, 0.25) is 0 Å². The van der Waals surface area contributed by atoms with Gasteiger partial charge in [-0.1, -0.05) is 24.3 Å². The Bertz CT molecular complexity index is 856. The van der Waals surface area contributed by atoms with Crippen molar-refractivity contribution in [3.8, 4) is 11.3 Å². The number of nitrogens with one attached hydrogen (secondary N) is 1. The molecule has 2 heterocycles. The van der Waals surface area contributed by atoms with Crippen LogP contribution >= 0.6 is 11.3 Å². The lowest BCUT2D eigenvalue weighted by atomic mass is 10.0. The van der Waals surface area contributed by atoms with Crippen molar-refractivity contribution >= 4 is 17.2 Å². The Kier molecular flexibility index (Phi) is 5.61. The van der Waals surface area contributed by atoms with Crippen molar-refractivity contribution in [3.05, 3.63) is 75.6 Å². The summed E-state index contributed by atoms with van der Waals surface area (Å²) in [5.74, 6) is 0.0679. The van der Waals surface area contributed by atoms with E-state index in [0.717, 1.165) is 23.2 Å². The monoisotopic (exact) mass is 350 g/mol. The van der Waals surface area contributed by atoms with Crippen molar-refractivity contribution < 1.29 is 4.79 Å². The number of hydrogen-bond acceptors (Lipinski definition) is 3. The minimum absolute atomic E-state index is 0.0679. The molecule has 0 saturated heterocycles. The molecule has 25 heavy (non-hydrogen) atoms. The summed E-state index contributed by atoms with van der Waals surface area (Å²) in [5.41, 5.74) is 6.85. The lowest BCUT2D eigenvalue weighted by Crippen LogP contribution is -2.23. The maximum absolute atomic E-state index is 12.2. The summed E-state index contributed by atoms with van der Waals surface area (Å²) in [4.78, 5) is 16.7. The van der Waals surface area contributed by atoms with E-state index in [0.29, 0.717) is 13.0 Å². The van der Waals surface area contributed by atoms with Gasteiger partial charge in [0.2, 0.25) is 5.91 Å². The summed E-state index contributed by atoms with van der Waals surface area (Å²) in [7, 11) is 0. The number of carbonyl (C=O) groups excluding carboxylic acids is 1. The molecular formula is C21H22N2OS. The first-order chi connectivity index (χ1) is 12.1. The second-order valence-electron chi connectivity index (χ2n) is 6.22. The standard InChI is InChI=1S/C21H22N2OS/c1-15-5-6-17(12-16(15)2)7-8-20(24)23-13-18-4-3-10-22-21(18)19-9-11-25-14-19/h3-6,9-12,14H,7-8,13H2,1-2H3,(H,23,24). The lowest BCUT2D eigenvalue weighted by Gasteiger charge is -2.09. The summed E-state index contributed by atoms with van der Waals surface area (Å²) in [6, 6.07) is 12.4. The SMILES string of the molecule is Cc1ccc(CCC(=O)NCc2cccnc2-c2ccsc2)cc1C. The zero-order valence-electron chi connectivity index (χ0n) is 14.6. The van der Waals surface area contributed by atoms with Gasteiger partial charge in [-0.15, -0.1) is 0 Å². The highest BCUT2D eigenvalue weighted by molar-refractivity contribution is 7.08. The van der Waals surface area contributed by atoms with Gasteiger partial charge in [0.05, 0.1) is 5.69 Å². The molecule has 0 radical (unpaired) electrons. The predicted octanol–water partition coefficient (Wildman–Crippen LogP) is 4.68. The van der Waals surface area contributed by atoms with E-state index in [1.165, 1.54) is 16.7 Å². The van der Waals surface area contributed by atoms with Crippen LogP contribution in [0.25, 0.3) is 11.3 Å². The molecule has 1 N–H and O–H groups in total. The van der Waals surface area contributed by atoms with Gasteiger partial charge in [-0.05, 0) is 60.0 Å². The number of hydrogen-bond donors (Lipinski definition) is 1. The van der Waals surface area contributed by atoms with Crippen molar-refractivity contribution in [1.29, 1.82) is 0 Å². The van der Waals surface area contributed by atoms with E-state index in [1.807, 2.05) is 17.5 Å². The second-order valence-corrected chi connectivity index (χ2v) is 7.00. The summed E-state index contributed by atoms with van der Waals surface area (Å²) in [6.45, 7) is 4.71. The highest BCUT2D eigenvalue weighted by Crippen LogP contribution is 2.23. The van der Waals surface area contributed by atoms with Gasteiger partial charge in [-0.3, -0.25) is 9.78 Å². The highest BCUT2D eigenvalue weighted by atomic mass is 32.1. The summed E-state index contributed by atoms with van der Waals surface area (Å²) in [5, 5.41) is 7.14. The van der Waals surface area contributed by atoms with Crippen LogP contribution in [0.1, 0.15) is 28.7 Å². The number of carbonyl (C=O) groups is 1. The van der Waals surface area contributed by atoms with Crippen LogP contribution in [0.15, 0.2) is 53.4 Å². The van der Waals surface area contributed by atoms with Crippen molar-refractivity contribution in [2.75, 3.05) is 0 Å². The zero-order valence-corrected chi connectivity index (χ0v) is 15.4. The number of benzene rings is 1. The van der Waals surface area contributed by atoms with Crippen LogP contribution < -0.4 is 5.32 Å². The number of pyridine rings is 1. The molecule has 1 aromatic carbocycles. The fourth-order valence-electron chi connectivity index (χ4n) is 2.74. The third kappa shape index (κ3) is 4.54. The first kappa shape index (κ1) is 17.4. The summed E-state index contributed by atoms with van der Waals surface area (Å²) in [6.07, 6.45) is 3.05. The maximum atomic E-state index is 12.2. The Morgan fingerprint density at radius 2 is 2.04 bits per heavy atom. The molecule has 0 aliphatic rings. The molecule has 3 rings (SSSR count). The molecule has 3 nitrogen and oxygen atoms in total. The van der Waals surface area contributed by atoms with E-state index in [9.17, 15) is 4.79 Å². The molecule has 128 valence electrons. The number of nitrogens with zero attached hydrogens (tertiary/aromatic N) is 1. The van der Waals surface area contributed by atoms with Gasteiger partial charge in [0.25, 0.3) is 0 Å². The number of rotatable bonds is 6. The second kappa shape index (κ2) is 8.08. The maximum Gasteiger partial charge on any atom is 0.220 e. The normalized spacial score (nSPS) is 10.6. The molecule has 1 amide bonds. The Hall–Kier alpha value is -2.46. The quantitative estimate of drug-likeness (QED) is 0.701. The van der Waals surface area contributed by atoms with Gasteiger partial charge in [0, 0.05) is 30.1 Å². The van der Waals surface area contributed by atoms with Crippen LogP contribution in [-0.4, -0.2) is 10.9 Å². The zero-order chi connectivity index (χ0) is 17.6. The molecule has 4 heteroatoms. The first-order valence-electron chi connectivity index (χ1n) is 8.43. The number of aryl methyl sites for hydroxylation is 3. The van der Waals surface area contributed by atoms with Gasteiger partial charge >= 0.3 is 0 Å².